The summed E-state index contributed by atoms with van der Waals surface area (Å²) < 4.78 is 10.9. The summed E-state index contributed by atoms with van der Waals surface area (Å²) in [6.45, 7) is 10.7. The van der Waals surface area contributed by atoms with E-state index in [1.54, 1.807) is 0 Å². The summed E-state index contributed by atoms with van der Waals surface area (Å²) >= 11 is 0. The van der Waals surface area contributed by atoms with Crippen LogP contribution in [0.4, 0.5) is 0 Å². The summed E-state index contributed by atoms with van der Waals surface area (Å²) in [5.41, 5.74) is 1.31. The van der Waals surface area contributed by atoms with Gasteiger partial charge in [-0.1, -0.05) is 116 Å². The van der Waals surface area contributed by atoms with Crippen molar-refractivity contribution in [1.82, 2.24) is 4.90 Å². The largest absolute Gasteiger partial charge is 0.466 e. The van der Waals surface area contributed by atoms with E-state index in [1.807, 2.05) is 12.1 Å². The third kappa shape index (κ3) is 22.7. The number of esters is 2. The summed E-state index contributed by atoms with van der Waals surface area (Å²) in [4.78, 5) is 26.6. The molecule has 42 heavy (non-hydrogen) atoms. The molecule has 1 rings (SSSR count). The van der Waals surface area contributed by atoms with Crippen LogP contribution in [0.15, 0.2) is 24.3 Å². The molecule has 242 valence electrons. The lowest BCUT2D eigenvalue weighted by molar-refractivity contribution is -0.144. The smallest absolute Gasteiger partial charge is 0.311 e. The minimum Gasteiger partial charge on any atom is -0.466 e. The normalized spacial score (nSPS) is 11.2. The lowest BCUT2D eigenvalue weighted by Gasteiger charge is -2.20. The molecular formula is C37H65NO4. The third-order valence-electron chi connectivity index (χ3n) is 8.14. The molecule has 0 saturated heterocycles. The summed E-state index contributed by atoms with van der Waals surface area (Å²) in [5.74, 6) is 0.534. The maximum absolute atomic E-state index is 12.2. The van der Waals surface area contributed by atoms with Gasteiger partial charge in [0.05, 0.1) is 6.61 Å². The molecule has 1 aromatic carbocycles. The van der Waals surface area contributed by atoms with E-state index in [4.69, 9.17) is 9.47 Å². The van der Waals surface area contributed by atoms with Gasteiger partial charge in [0.15, 0.2) is 0 Å². The number of hydrogen-bond donors (Lipinski definition) is 0. The molecule has 0 aromatic heterocycles. The van der Waals surface area contributed by atoms with Crippen LogP contribution >= 0.6 is 0 Å². The van der Waals surface area contributed by atoms with Gasteiger partial charge in [0, 0.05) is 12.8 Å². The number of benzene rings is 1. The maximum atomic E-state index is 12.2. The van der Waals surface area contributed by atoms with Crippen LogP contribution < -0.4 is 4.74 Å². The van der Waals surface area contributed by atoms with E-state index in [2.05, 4.69) is 37.8 Å². The summed E-state index contributed by atoms with van der Waals surface area (Å²) in [5, 5.41) is 0. The van der Waals surface area contributed by atoms with Crippen LogP contribution in [-0.4, -0.2) is 43.1 Å². The molecule has 0 atom stereocenters. The first-order valence-electron chi connectivity index (χ1n) is 17.8. The van der Waals surface area contributed by atoms with Gasteiger partial charge in [-0.25, -0.2) is 0 Å². The molecule has 0 unspecified atom stereocenters. The van der Waals surface area contributed by atoms with Gasteiger partial charge in [0.1, 0.15) is 5.75 Å². The molecule has 5 nitrogen and oxygen atoms in total. The van der Waals surface area contributed by atoms with E-state index < -0.39 is 0 Å². The molecule has 0 N–H and O–H groups in total. The highest BCUT2D eigenvalue weighted by molar-refractivity contribution is 5.72. The van der Waals surface area contributed by atoms with Crippen LogP contribution in [0.25, 0.3) is 0 Å². The Morgan fingerprint density at radius 3 is 1.67 bits per heavy atom. The lowest BCUT2D eigenvalue weighted by Crippen LogP contribution is -2.25. The molecule has 0 bridgehead atoms. The van der Waals surface area contributed by atoms with E-state index in [9.17, 15) is 9.59 Å². The van der Waals surface area contributed by atoms with Crippen molar-refractivity contribution in [1.29, 1.82) is 0 Å². The fraction of sp³-hybridized carbons (Fsp3) is 0.784. The van der Waals surface area contributed by atoms with Crippen molar-refractivity contribution in [3.8, 4) is 5.75 Å². The zero-order valence-corrected chi connectivity index (χ0v) is 27.8. The van der Waals surface area contributed by atoms with Crippen molar-refractivity contribution in [2.24, 2.45) is 0 Å². The van der Waals surface area contributed by atoms with E-state index in [0.717, 1.165) is 51.6 Å². The van der Waals surface area contributed by atoms with Crippen molar-refractivity contribution >= 4 is 11.9 Å². The molecule has 0 radical (unpaired) electrons. The van der Waals surface area contributed by atoms with Gasteiger partial charge >= 0.3 is 11.9 Å². The second-order valence-electron chi connectivity index (χ2n) is 12.0. The molecular weight excluding hydrogens is 522 g/mol. The van der Waals surface area contributed by atoms with Crippen LogP contribution in [0.3, 0.4) is 0 Å². The van der Waals surface area contributed by atoms with E-state index >= 15 is 0 Å². The number of ether oxygens (including phenoxy) is 2. The quantitative estimate of drug-likeness (QED) is 0.0530. The summed E-state index contributed by atoms with van der Waals surface area (Å²) in [6, 6.07) is 8.01. The highest BCUT2D eigenvalue weighted by Gasteiger charge is 2.07. The van der Waals surface area contributed by atoms with Crippen LogP contribution in [-0.2, 0) is 20.7 Å². The Morgan fingerprint density at radius 1 is 0.571 bits per heavy atom. The SMILES string of the molecule is CCCCCCCCOC(=O)CCCCCCCN(CC)CCCCCCCC(=O)Oc1ccc(CCCCC)cc1. The van der Waals surface area contributed by atoms with Crippen molar-refractivity contribution in [2.75, 3.05) is 26.2 Å². The van der Waals surface area contributed by atoms with Crippen molar-refractivity contribution in [2.45, 2.75) is 162 Å². The first-order valence-corrected chi connectivity index (χ1v) is 17.8. The van der Waals surface area contributed by atoms with Gasteiger partial charge in [-0.2, -0.15) is 0 Å². The van der Waals surface area contributed by atoms with E-state index in [0.29, 0.717) is 25.2 Å². The van der Waals surface area contributed by atoms with Crippen molar-refractivity contribution < 1.29 is 19.1 Å². The molecule has 0 aliphatic carbocycles. The Hall–Kier alpha value is -1.88. The Kier molecular flexibility index (Phi) is 25.4. The number of nitrogens with zero attached hydrogens (tertiary/aromatic N) is 1. The Labute approximate surface area is 259 Å². The highest BCUT2D eigenvalue weighted by atomic mass is 16.5. The first-order chi connectivity index (χ1) is 20.6. The van der Waals surface area contributed by atoms with Crippen molar-refractivity contribution in [3.63, 3.8) is 0 Å². The van der Waals surface area contributed by atoms with Gasteiger partial charge < -0.3 is 14.4 Å². The minimum atomic E-state index is -0.116. The standard InChI is InChI=1S/C37H65NO4/c1-4-7-9-10-17-23-33-41-36(39)25-19-13-11-15-21-31-38(6-3)32-22-16-12-14-20-26-37(40)42-35-29-27-34(28-30-35)24-18-8-5-2/h27-30H,4-26,31-33H2,1-3H3. The molecule has 0 aliphatic heterocycles. The number of carbonyl (C=O) groups excluding carboxylic acids is 2. The van der Waals surface area contributed by atoms with Crippen LogP contribution in [0.5, 0.6) is 5.75 Å². The highest BCUT2D eigenvalue weighted by Crippen LogP contribution is 2.16. The predicted octanol–water partition coefficient (Wildman–Crippen LogP) is 10.2. The monoisotopic (exact) mass is 587 g/mol. The Balaban J connectivity index is 1.93. The third-order valence-corrected chi connectivity index (χ3v) is 8.14. The molecule has 5 heteroatoms. The maximum Gasteiger partial charge on any atom is 0.311 e. The fourth-order valence-electron chi connectivity index (χ4n) is 5.32. The minimum absolute atomic E-state index is 0.0145. The van der Waals surface area contributed by atoms with E-state index in [1.165, 1.54) is 102 Å². The van der Waals surface area contributed by atoms with Gasteiger partial charge in [-0.05, 0) is 82.3 Å². The molecule has 0 saturated carbocycles. The number of aryl methyl sites for hydroxylation is 1. The molecule has 0 aliphatic rings. The van der Waals surface area contributed by atoms with Crippen LogP contribution in [0, 0.1) is 0 Å². The van der Waals surface area contributed by atoms with Gasteiger partial charge in [-0.15, -0.1) is 0 Å². The molecule has 0 amide bonds. The second kappa shape index (κ2) is 27.9. The zero-order valence-electron chi connectivity index (χ0n) is 27.8. The lowest BCUT2D eigenvalue weighted by atomic mass is 10.1. The topological polar surface area (TPSA) is 55.8 Å². The number of carbonyl (C=O) groups is 2. The number of rotatable bonds is 29. The number of unbranched alkanes of at least 4 members (excludes halogenated alkanes) is 15. The van der Waals surface area contributed by atoms with Gasteiger partial charge in [0.25, 0.3) is 0 Å². The fourth-order valence-corrected chi connectivity index (χ4v) is 5.32. The average molecular weight is 588 g/mol. The molecule has 1 aromatic rings. The first kappa shape index (κ1) is 38.1. The molecule has 0 spiro atoms. The zero-order chi connectivity index (χ0) is 30.5. The van der Waals surface area contributed by atoms with E-state index in [-0.39, 0.29) is 11.9 Å². The average Bonchev–Trinajstić information content (AvgIpc) is 2.99. The summed E-state index contributed by atoms with van der Waals surface area (Å²) in [6.07, 6.45) is 24.6. The van der Waals surface area contributed by atoms with Gasteiger partial charge in [0.2, 0.25) is 0 Å². The number of hydrogen-bond acceptors (Lipinski definition) is 5. The predicted molar refractivity (Wildman–Crippen MR) is 177 cm³/mol. The molecule has 0 fully saturated rings. The van der Waals surface area contributed by atoms with Crippen LogP contribution in [0.1, 0.15) is 161 Å². The second-order valence-corrected chi connectivity index (χ2v) is 12.0. The summed E-state index contributed by atoms with van der Waals surface area (Å²) in [7, 11) is 0. The van der Waals surface area contributed by atoms with Crippen LogP contribution in [0.2, 0.25) is 0 Å². The van der Waals surface area contributed by atoms with Gasteiger partial charge in [-0.3, -0.25) is 9.59 Å². The Morgan fingerprint density at radius 2 is 1.07 bits per heavy atom. The molecule has 0 heterocycles. The van der Waals surface area contributed by atoms with Crippen molar-refractivity contribution in [3.05, 3.63) is 29.8 Å². The Bertz CT molecular complexity index is 764.